The molecule has 28 heavy (non-hydrogen) atoms. The Morgan fingerprint density at radius 2 is 1.86 bits per heavy atom. The summed E-state index contributed by atoms with van der Waals surface area (Å²) >= 11 is 0. The molecule has 0 aliphatic carbocycles. The monoisotopic (exact) mass is 384 g/mol. The second kappa shape index (κ2) is 7.56. The predicted molar refractivity (Wildman–Crippen MR) is 107 cm³/mol. The largest absolute Gasteiger partial charge is 0.477 e. The van der Waals surface area contributed by atoms with Gasteiger partial charge in [-0.15, -0.1) is 0 Å². The number of carboxylic acids is 1. The summed E-state index contributed by atoms with van der Waals surface area (Å²) in [6.45, 7) is 5.88. The van der Waals surface area contributed by atoms with Crippen molar-refractivity contribution in [1.29, 1.82) is 0 Å². The van der Waals surface area contributed by atoms with Gasteiger partial charge in [-0.25, -0.2) is 4.79 Å². The Labute approximate surface area is 165 Å². The number of piperazine rings is 1. The smallest absolute Gasteiger partial charge is 0.352 e. The molecule has 0 spiro atoms. The molecule has 7 heteroatoms. The third-order valence-corrected chi connectivity index (χ3v) is 6.18. The highest BCUT2D eigenvalue weighted by atomic mass is 16.4. The predicted octanol–water partition coefficient (Wildman–Crippen LogP) is 1.47. The first-order valence-electron chi connectivity index (χ1n) is 9.94. The van der Waals surface area contributed by atoms with Crippen LogP contribution in [0.25, 0.3) is 10.9 Å². The van der Waals surface area contributed by atoms with Gasteiger partial charge in [0.1, 0.15) is 5.69 Å². The van der Waals surface area contributed by atoms with Crippen LogP contribution in [0.4, 0.5) is 0 Å². The van der Waals surface area contributed by atoms with E-state index in [9.17, 15) is 14.7 Å². The van der Waals surface area contributed by atoms with Gasteiger partial charge in [-0.2, -0.15) is 0 Å². The summed E-state index contributed by atoms with van der Waals surface area (Å²) in [4.78, 5) is 30.8. The molecule has 0 radical (unpaired) electrons. The van der Waals surface area contributed by atoms with Crippen molar-refractivity contribution < 1.29 is 14.7 Å². The fourth-order valence-corrected chi connectivity index (χ4v) is 4.60. The number of hydrogen-bond acceptors (Lipinski definition) is 4. The van der Waals surface area contributed by atoms with Gasteiger partial charge in [0.15, 0.2) is 0 Å². The molecule has 1 aromatic heterocycles. The average molecular weight is 384 g/mol. The first-order valence-corrected chi connectivity index (χ1v) is 9.94. The molecule has 4 rings (SSSR count). The molecular formula is C21H28N4O3. The van der Waals surface area contributed by atoms with Crippen molar-refractivity contribution in [2.45, 2.75) is 13.0 Å². The number of carbonyl (C=O) groups is 2. The number of nitrogens with zero attached hydrogens (tertiary/aromatic N) is 4. The number of carboxylic acid groups (broad SMARTS) is 1. The lowest BCUT2D eigenvalue weighted by Crippen LogP contribution is -2.50. The van der Waals surface area contributed by atoms with E-state index in [2.05, 4.69) is 22.9 Å². The minimum Gasteiger partial charge on any atom is -0.477 e. The van der Waals surface area contributed by atoms with Gasteiger partial charge in [-0.05, 0) is 31.6 Å². The highest BCUT2D eigenvalue weighted by Gasteiger charge is 2.31. The standard InChI is InChI=1S/C21H28N4O3/c1-22-7-6-17(13-22)20(26)25-10-8-24(9-11-25)14-16-5-3-4-15-12-18(21(27)28)23(2)19(15)16/h3-5,12,17H,6-11,13-14H2,1-2H3,(H,27,28)/t17-/m0/s1. The van der Waals surface area contributed by atoms with Crippen LogP contribution in [0.2, 0.25) is 0 Å². The Morgan fingerprint density at radius 1 is 1.11 bits per heavy atom. The summed E-state index contributed by atoms with van der Waals surface area (Å²) in [5.41, 5.74) is 2.41. The molecule has 2 aliphatic heterocycles. The van der Waals surface area contributed by atoms with Crippen LogP contribution >= 0.6 is 0 Å². The number of aromatic carboxylic acids is 1. The van der Waals surface area contributed by atoms with E-state index in [0.29, 0.717) is 11.6 Å². The maximum absolute atomic E-state index is 12.7. The lowest BCUT2D eigenvalue weighted by Gasteiger charge is -2.36. The molecule has 0 saturated carbocycles. The summed E-state index contributed by atoms with van der Waals surface area (Å²) in [6.07, 6.45) is 0.969. The van der Waals surface area contributed by atoms with Gasteiger partial charge >= 0.3 is 5.97 Å². The summed E-state index contributed by atoms with van der Waals surface area (Å²) in [6, 6.07) is 7.75. The van der Waals surface area contributed by atoms with Crippen molar-refractivity contribution in [3.8, 4) is 0 Å². The van der Waals surface area contributed by atoms with Crippen LogP contribution in [0.1, 0.15) is 22.5 Å². The van der Waals surface area contributed by atoms with E-state index in [4.69, 9.17) is 0 Å². The number of benzene rings is 1. The van der Waals surface area contributed by atoms with Crippen LogP contribution in [-0.2, 0) is 18.4 Å². The SMILES string of the molecule is CN1CC[C@H](C(=O)N2CCN(Cc3cccc4cc(C(=O)O)n(C)c34)CC2)C1. The van der Waals surface area contributed by atoms with E-state index in [0.717, 1.165) is 68.7 Å². The normalized spacial score (nSPS) is 21.5. The molecule has 0 unspecified atom stereocenters. The first kappa shape index (κ1) is 19.0. The fraction of sp³-hybridized carbons (Fsp3) is 0.524. The Morgan fingerprint density at radius 3 is 2.50 bits per heavy atom. The van der Waals surface area contributed by atoms with Crippen LogP contribution in [-0.4, -0.2) is 82.6 Å². The van der Waals surface area contributed by atoms with Gasteiger partial charge in [0.2, 0.25) is 5.91 Å². The molecule has 2 fully saturated rings. The summed E-state index contributed by atoms with van der Waals surface area (Å²) in [5, 5.41) is 10.3. The number of para-hydroxylation sites is 1. The van der Waals surface area contributed by atoms with Gasteiger partial charge in [0.05, 0.1) is 11.4 Å². The van der Waals surface area contributed by atoms with Crippen LogP contribution in [0.5, 0.6) is 0 Å². The number of likely N-dealkylation sites (tertiary alicyclic amines) is 1. The van der Waals surface area contributed by atoms with E-state index in [1.54, 1.807) is 10.6 Å². The van der Waals surface area contributed by atoms with Crippen molar-refractivity contribution in [3.63, 3.8) is 0 Å². The highest BCUT2D eigenvalue weighted by molar-refractivity contribution is 5.95. The van der Waals surface area contributed by atoms with E-state index in [1.807, 2.05) is 24.1 Å². The van der Waals surface area contributed by atoms with Crippen LogP contribution < -0.4 is 0 Å². The zero-order valence-electron chi connectivity index (χ0n) is 16.6. The van der Waals surface area contributed by atoms with Gasteiger partial charge in [-0.1, -0.05) is 18.2 Å². The van der Waals surface area contributed by atoms with Crippen molar-refractivity contribution >= 4 is 22.8 Å². The van der Waals surface area contributed by atoms with E-state index in [-0.39, 0.29) is 5.92 Å². The molecule has 3 heterocycles. The minimum absolute atomic E-state index is 0.156. The number of rotatable bonds is 4. The van der Waals surface area contributed by atoms with E-state index >= 15 is 0 Å². The quantitative estimate of drug-likeness (QED) is 0.865. The molecule has 2 saturated heterocycles. The van der Waals surface area contributed by atoms with Crippen LogP contribution in [0.15, 0.2) is 24.3 Å². The fourth-order valence-electron chi connectivity index (χ4n) is 4.60. The number of carbonyl (C=O) groups excluding carboxylic acids is 1. The molecule has 150 valence electrons. The number of aromatic nitrogens is 1. The Hall–Kier alpha value is -2.38. The molecule has 2 aromatic rings. The molecule has 7 nitrogen and oxygen atoms in total. The zero-order valence-corrected chi connectivity index (χ0v) is 16.6. The first-order chi connectivity index (χ1) is 13.4. The second-order valence-corrected chi connectivity index (χ2v) is 8.10. The summed E-state index contributed by atoms with van der Waals surface area (Å²) < 4.78 is 1.77. The number of aryl methyl sites for hydroxylation is 1. The summed E-state index contributed by atoms with van der Waals surface area (Å²) in [7, 11) is 3.88. The molecule has 1 atom stereocenters. The molecule has 1 aromatic carbocycles. The molecule has 2 aliphatic rings. The highest BCUT2D eigenvalue weighted by Crippen LogP contribution is 2.25. The third-order valence-electron chi connectivity index (χ3n) is 6.18. The topological polar surface area (TPSA) is 69.0 Å². The lowest BCUT2D eigenvalue weighted by molar-refractivity contribution is -0.136. The maximum Gasteiger partial charge on any atom is 0.352 e. The maximum atomic E-state index is 12.7. The van der Waals surface area contributed by atoms with Gasteiger partial charge in [0, 0.05) is 51.7 Å². The van der Waals surface area contributed by atoms with Crippen molar-refractivity contribution in [1.82, 2.24) is 19.3 Å². The van der Waals surface area contributed by atoms with E-state index in [1.165, 1.54) is 0 Å². The van der Waals surface area contributed by atoms with Crippen LogP contribution in [0.3, 0.4) is 0 Å². The Balaban J connectivity index is 1.43. The third kappa shape index (κ3) is 3.52. The lowest BCUT2D eigenvalue weighted by atomic mass is 10.1. The minimum atomic E-state index is -0.908. The Kier molecular flexibility index (Phi) is 5.12. The van der Waals surface area contributed by atoms with Gasteiger partial charge in [0.25, 0.3) is 0 Å². The van der Waals surface area contributed by atoms with Crippen LogP contribution in [0, 0.1) is 5.92 Å². The number of amides is 1. The van der Waals surface area contributed by atoms with Gasteiger partial charge < -0.3 is 19.5 Å². The second-order valence-electron chi connectivity index (χ2n) is 8.10. The van der Waals surface area contributed by atoms with Crippen molar-refractivity contribution in [2.24, 2.45) is 13.0 Å². The number of fused-ring (bicyclic) bond motifs is 1. The van der Waals surface area contributed by atoms with Gasteiger partial charge in [-0.3, -0.25) is 9.69 Å². The Bertz CT molecular complexity index is 898. The molecule has 1 amide bonds. The molecule has 0 bridgehead atoms. The molecular weight excluding hydrogens is 356 g/mol. The summed E-state index contributed by atoms with van der Waals surface area (Å²) in [5.74, 6) is -0.447. The zero-order chi connectivity index (χ0) is 19.8. The molecule has 1 N–H and O–H groups in total. The van der Waals surface area contributed by atoms with E-state index < -0.39 is 5.97 Å². The number of hydrogen-bond donors (Lipinski definition) is 1. The van der Waals surface area contributed by atoms with Crippen molar-refractivity contribution in [2.75, 3.05) is 46.3 Å². The average Bonchev–Trinajstić information content (AvgIpc) is 3.26. The van der Waals surface area contributed by atoms with Crippen molar-refractivity contribution in [3.05, 3.63) is 35.5 Å².